The fourth-order valence-electron chi connectivity index (χ4n) is 2.46. The molecule has 1 amide bonds. The highest BCUT2D eigenvalue weighted by atomic mass is 16.2. The van der Waals surface area contributed by atoms with Gasteiger partial charge in [0.1, 0.15) is 5.69 Å². The number of hydrogen-bond donors (Lipinski definition) is 2. The Labute approximate surface area is 125 Å². The summed E-state index contributed by atoms with van der Waals surface area (Å²) >= 11 is 0. The number of aromatic nitrogens is 2. The Hall–Kier alpha value is -2.30. The molecule has 0 unspecified atom stereocenters. The summed E-state index contributed by atoms with van der Waals surface area (Å²) in [7, 11) is 1.72. The Kier molecular flexibility index (Phi) is 4.02. The SMILES string of the molecule is Cc1cccc(C(C)C)c1NC(=O)c1c(N)c(C)nn1C. The molecule has 0 saturated heterocycles. The van der Waals surface area contributed by atoms with Crippen molar-refractivity contribution in [2.45, 2.75) is 33.6 Å². The lowest BCUT2D eigenvalue weighted by molar-refractivity contribution is 0.101. The molecule has 1 aromatic carbocycles. The van der Waals surface area contributed by atoms with Crippen LogP contribution >= 0.6 is 0 Å². The van der Waals surface area contributed by atoms with Crippen LogP contribution in [0, 0.1) is 13.8 Å². The van der Waals surface area contributed by atoms with Gasteiger partial charge in [-0.25, -0.2) is 0 Å². The van der Waals surface area contributed by atoms with Crippen LogP contribution in [0.2, 0.25) is 0 Å². The van der Waals surface area contributed by atoms with Crippen LogP contribution in [0.4, 0.5) is 11.4 Å². The first-order valence-corrected chi connectivity index (χ1v) is 7.02. The lowest BCUT2D eigenvalue weighted by Crippen LogP contribution is -2.19. The third-order valence-electron chi connectivity index (χ3n) is 3.65. The number of carbonyl (C=O) groups is 1. The number of nitrogens with zero attached hydrogens (tertiary/aromatic N) is 2. The number of nitrogens with two attached hydrogens (primary N) is 1. The second-order valence-electron chi connectivity index (χ2n) is 5.62. The van der Waals surface area contributed by atoms with Crippen molar-refractivity contribution >= 4 is 17.3 Å². The second kappa shape index (κ2) is 5.60. The van der Waals surface area contributed by atoms with E-state index in [9.17, 15) is 4.79 Å². The molecular weight excluding hydrogens is 264 g/mol. The summed E-state index contributed by atoms with van der Waals surface area (Å²) in [5, 5.41) is 7.18. The number of nitrogen functional groups attached to an aromatic ring is 1. The van der Waals surface area contributed by atoms with Gasteiger partial charge in [-0.3, -0.25) is 9.48 Å². The van der Waals surface area contributed by atoms with Crippen molar-refractivity contribution in [3.8, 4) is 0 Å². The number of carbonyl (C=O) groups excluding carboxylic acids is 1. The molecule has 0 bridgehead atoms. The van der Waals surface area contributed by atoms with Gasteiger partial charge in [-0.1, -0.05) is 32.0 Å². The van der Waals surface area contributed by atoms with E-state index >= 15 is 0 Å². The summed E-state index contributed by atoms with van der Waals surface area (Å²) in [5.41, 5.74) is 10.4. The third kappa shape index (κ3) is 2.77. The highest BCUT2D eigenvalue weighted by Crippen LogP contribution is 2.28. The number of amides is 1. The zero-order chi connectivity index (χ0) is 15.7. The van der Waals surface area contributed by atoms with Crippen LogP contribution < -0.4 is 11.1 Å². The van der Waals surface area contributed by atoms with E-state index < -0.39 is 0 Å². The van der Waals surface area contributed by atoms with Crippen LogP contribution in [0.1, 0.15) is 47.1 Å². The second-order valence-corrected chi connectivity index (χ2v) is 5.62. The van der Waals surface area contributed by atoms with E-state index in [-0.39, 0.29) is 5.91 Å². The fourth-order valence-corrected chi connectivity index (χ4v) is 2.46. The van der Waals surface area contributed by atoms with Gasteiger partial charge in [0.05, 0.1) is 11.4 Å². The maximum Gasteiger partial charge on any atom is 0.276 e. The molecule has 0 aliphatic carbocycles. The van der Waals surface area contributed by atoms with Gasteiger partial charge in [-0.15, -0.1) is 0 Å². The number of nitrogens with one attached hydrogen (secondary N) is 1. The average Bonchev–Trinajstić information content (AvgIpc) is 2.65. The van der Waals surface area contributed by atoms with E-state index in [4.69, 9.17) is 5.73 Å². The lowest BCUT2D eigenvalue weighted by Gasteiger charge is -2.16. The van der Waals surface area contributed by atoms with E-state index in [1.54, 1.807) is 14.0 Å². The van der Waals surface area contributed by atoms with E-state index in [0.29, 0.717) is 23.0 Å². The number of hydrogen-bond acceptors (Lipinski definition) is 3. The van der Waals surface area contributed by atoms with Gasteiger partial charge >= 0.3 is 0 Å². The summed E-state index contributed by atoms with van der Waals surface area (Å²) < 4.78 is 1.52. The van der Waals surface area contributed by atoms with Gasteiger partial charge in [-0.2, -0.15) is 5.10 Å². The molecule has 0 aliphatic heterocycles. The van der Waals surface area contributed by atoms with Crippen molar-refractivity contribution in [3.63, 3.8) is 0 Å². The highest BCUT2D eigenvalue weighted by molar-refractivity contribution is 6.07. The Bertz CT molecular complexity index is 686. The predicted molar refractivity (Wildman–Crippen MR) is 85.6 cm³/mol. The maximum absolute atomic E-state index is 12.5. The van der Waals surface area contributed by atoms with E-state index in [1.165, 1.54) is 4.68 Å². The molecule has 0 saturated carbocycles. The standard InChI is InChI=1S/C16H22N4O/c1-9(2)12-8-6-7-10(3)14(12)18-16(21)15-13(17)11(4)19-20(15)5/h6-9H,17H2,1-5H3,(H,18,21). The minimum atomic E-state index is -0.230. The summed E-state index contributed by atoms with van der Waals surface area (Å²) in [6.45, 7) is 7.98. The number of anilines is 2. The zero-order valence-corrected chi connectivity index (χ0v) is 13.2. The average molecular weight is 286 g/mol. The van der Waals surface area contributed by atoms with Crippen LogP contribution in [0.3, 0.4) is 0 Å². The minimum Gasteiger partial charge on any atom is -0.395 e. The maximum atomic E-state index is 12.5. The molecule has 0 radical (unpaired) electrons. The molecule has 1 aromatic heterocycles. The topological polar surface area (TPSA) is 72.9 Å². The molecular formula is C16H22N4O. The lowest BCUT2D eigenvalue weighted by atomic mass is 9.98. The number of benzene rings is 1. The van der Waals surface area contributed by atoms with E-state index in [0.717, 1.165) is 16.8 Å². The van der Waals surface area contributed by atoms with Gasteiger partial charge in [0.2, 0.25) is 0 Å². The van der Waals surface area contributed by atoms with Crippen LogP contribution in [-0.2, 0) is 7.05 Å². The van der Waals surface area contributed by atoms with Crippen molar-refractivity contribution in [2.75, 3.05) is 11.1 Å². The Morgan fingerprint density at radius 3 is 2.52 bits per heavy atom. The number of para-hydroxylation sites is 1. The predicted octanol–water partition coefficient (Wildman–Crippen LogP) is 2.99. The summed E-state index contributed by atoms with van der Waals surface area (Å²) in [4.78, 5) is 12.5. The molecule has 21 heavy (non-hydrogen) atoms. The fraction of sp³-hybridized carbons (Fsp3) is 0.375. The summed E-state index contributed by atoms with van der Waals surface area (Å²) in [6.07, 6.45) is 0. The number of rotatable bonds is 3. The van der Waals surface area contributed by atoms with Crippen molar-refractivity contribution in [3.05, 3.63) is 40.7 Å². The smallest absolute Gasteiger partial charge is 0.276 e. The first kappa shape index (κ1) is 15.1. The van der Waals surface area contributed by atoms with Crippen LogP contribution in [-0.4, -0.2) is 15.7 Å². The molecule has 0 fully saturated rings. The molecule has 5 nitrogen and oxygen atoms in total. The summed E-state index contributed by atoms with van der Waals surface area (Å²) in [5.74, 6) is 0.0950. The molecule has 1 heterocycles. The third-order valence-corrected chi connectivity index (χ3v) is 3.65. The normalized spacial score (nSPS) is 11.0. The Morgan fingerprint density at radius 2 is 2.00 bits per heavy atom. The van der Waals surface area contributed by atoms with Crippen molar-refractivity contribution in [2.24, 2.45) is 7.05 Å². The van der Waals surface area contributed by atoms with Gasteiger partial charge in [0.25, 0.3) is 5.91 Å². The number of aryl methyl sites for hydroxylation is 3. The van der Waals surface area contributed by atoms with Gasteiger partial charge < -0.3 is 11.1 Å². The highest BCUT2D eigenvalue weighted by Gasteiger charge is 2.20. The molecule has 5 heteroatoms. The molecule has 0 aliphatic rings. The van der Waals surface area contributed by atoms with E-state index in [1.807, 2.05) is 25.1 Å². The molecule has 2 rings (SSSR count). The molecule has 2 aromatic rings. The monoisotopic (exact) mass is 286 g/mol. The van der Waals surface area contributed by atoms with Crippen molar-refractivity contribution in [1.82, 2.24) is 9.78 Å². The van der Waals surface area contributed by atoms with Crippen molar-refractivity contribution < 1.29 is 4.79 Å². The van der Waals surface area contributed by atoms with Crippen LogP contribution in [0.5, 0.6) is 0 Å². The summed E-state index contributed by atoms with van der Waals surface area (Å²) in [6, 6.07) is 6.02. The molecule has 3 N–H and O–H groups in total. The van der Waals surface area contributed by atoms with Gasteiger partial charge in [-0.05, 0) is 30.9 Å². The Balaban J connectivity index is 2.41. The van der Waals surface area contributed by atoms with E-state index in [2.05, 4.69) is 24.3 Å². The van der Waals surface area contributed by atoms with Gasteiger partial charge in [0, 0.05) is 12.7 Å². The van der Waals surface area contributed by atoms with Crippen LogP contribution in [0.25, 0.3) is 0 Å². The first-order chi connectivity index (χ1) is 9.82. The molecule has 0 spiro atoms. The first-order valence-electron chi connectivity index (χ1n) is 7.02. The Morgan fingerprint density at radius 1 is 1.33 bits per heavy atom. The zero-order valence-electron chi connectivity index (χ0n) is 13.2. The quantitative estimate of drug-likeness (QED) is 0.911. The van der Waals surface area contributed by atoms with Crippen LogP contribution in [0.15, 0.2) is 18.2 Å². The molecule has 0 atom stereocenters. The van der Waals surface area contributed by atoms with Crippen molar-refractivity contribution in [1.29, 1.82) is 0 Å². The molecule has 112 valence electrons. The minimum absolute atomic E-state index is 0.230. The van der Waals surface area contributed by atoms with Gasteiger partial charge in [0.15, 0.2) is 0 Å². The largest absolute Gasteiger partial charge is 0.395 e.